The quantitative estimate of drug-likeness (QED) is 0.275. The van der Waals surface area contributed by atoms with E-state index in [2.05, 4.69) is 0 Å². The first-order chi connectivity index (χ1) is 0. The van der Waals surface area contributed by atoms with Crippen molar-refractivity contribution in [2.75, 3.05) is 0 Å². The van der Waals surface area contributed by atoms with Crippen LogP contribution >= 0.6 is 0 Å². The molecule has 0 rings (SSSR count). The summed E-state index contributed by atoms with van der Waals surface area (Å²) in [6.45, 7) is 0. The van der Waals surface area contributed by atoms with Crippen molar-refractivity contribution in [3.8, 4) is 0 Å². The Morgan fingerprint density at radius 2 is 0.222 bits per heavy atom. The van der Waals surface area contributed by atoms with E-state index in [1.807, 2.05) is 0 Å². The maximum Gasteiger partial charge on any atom is 0 e. The molecule has 0 saturated carbocycles. The molecule has 0 aliphatic carbocycles. The van der Waals surface area contributed by atoms with Gasteiger partial charge in [0.1, 0.15) is 0 Å². The average molecular weight is 95.1 g/mol. The van der Waals surface area contributed by atoms with Crippen LogP contribution in [0.1, 0.15) is 0 Å². The zero-order valence-corrected chi connectivity index (χ0v) is 8.66. The van der Waals surface area contributed by atoms with E-state index in [1.54, 1.807) is 0 Å². The molecule has 0 fully saturated rings. The minimum atomic E-state index is 0. The minimum Gasteiger partial charge on any atom is 0 e. The molecule has 0 heterocycles. The van der Waals surface area contributed by atoms with Gasteiger partial charge in [-0.3, -0.25) is 0 Å². The Bertz CT molecular complexity index is 4.53. The monoisotopic (exact) mass is 95.1 g/mol. The molecule has 17 valence electrons. The van der Waals surface area contributed by atoms with Crippen molar-refractivity contribution in [1.82, 2.24) is 0 Å². The summed E-state index contributed by atoms with van der Waals surface area (Å²) in [5, 5.41) is 0. The fourth-order valence-electron chi connectivity index (χ4n) is 0. The Hall–Kier alpha value is 2.35. The first-order valence-electron chi connectivity index (χ1n) is 0. The van der Waals surface area contributed by atoms with Gasteiger partial charge in [-0.1, -0.05) is 0 Å². The van der Waals surface area contributed by atoms with Crippen molar-refractivity contribution in [3.63, 3.8) is 0 Å². The van der Waals surface area contributed by atoms with E-state index in [9.17, 15) is 0 Å². The van der Waals surface area contributed by atoms with Crippen molar-refractivity contribution in [1.29, 1.82) is 0 Å². The van der Waals surface area contributed by atoms with Crippen molar-refractivity contribution in [2.24, 2.45) is 0 Å². The van der Waals surface area contributed by atoms with E-state index in [0.29, 0.717) is 0 Å². The Balaban J connectivity index is 0. The molecule has 0 aromatic heterocycles. The molecule has 0 aliphatic heterocycles. The molecule has 0 N–H and O–H groups in total. The fourth-order valence-corrected chi connectivity index (χ4v) is 0. The summed E-state index contributed by atoms with van der Waals surface area (Å²) in [7, 11) is 0. The maximum absolute atomic E-state index is 0. The minimum absolute atomic E-state index is 0. The molecule has 0 spiro atoms. The van der Waals surface area contributed by atoms with Crippen LogP contribution in [0.4, 0.5) is 0 Å². The van der Waals surface area contributed by atoms with E-state index >= 15 is 0 Å². The van der Waals surface area contributed by atoms with Gasteiger partial charge in [-0.2, -0.15) is 0 Å². The summed E-state index contributed by atoms with van der Waals surface area (Å²) in [6.07, 6.45) is 0. The molecule has 0 aromatic carbocycles. The van der Waals surface area contributed by atoms with Crippen LogP contribution < -0.4 is 0 Å². The second-order valence-corrected chi connectivity index (χ2v) is 0. The predicted octanol–water partition coefficient (Wildman–Crippen LogP) is -3.43. The topological polar surface area (TPSA) is 0 Å². The van der Waals surface area contributed by atoms with Gasteiger partial charge in [-0.05, 0) is 0 Å². The van der Waals surface area contributed by atoms with Gasteiger partial charge >= 0.3 is 0 Å². The number of hydrogen-bond donors (Lipinski definition) is 0. The molecule has 0 amide bonds. The van der Waals surface area contributed by atoms with E-state index in [-0.39, 0.29) is 111 Å². The summed E-state index contributed by atoms with van der Waals surface area (Å²) in [6, 6.07) is 0. The van der Waals surface area contributed by atoms with Crippen LogP contribution in [0.3, 0.4) is 0 Å². The van der Waals surface area contributed by atoms with Crippen molar-refractivity contribution < 1.29 is 0 Å². The first kappa shape index (κ1) is 220. The molecule has 17 radical (unpaired) electrons. The second kappa shape index (κ2) is 164. The van der Waals surface area contributed by atoms with Crippen molar-refractivity contribution in [3.05, 3.63) is 0 Å². The van der Waals surface area contributed by atoms with Crippen LogP contribution in [0.25, 0.3) is 0 Å². The number of hydrogen-bond acceptors (Lipinski definition) is 0. The first-order valence-corrected chi connectivity index (χ1v) is 0. The van der Waals surface area contributed by atoms with Gasteiger partial charge in [0, 0.05) is 111 Å². The van der Waals surface area contributed by atoms with Crippen LogP contribution in [0.15, 0.2) is 0 Å². The van der Waals surface area contributed by atoms with Gasteiger partial charge in [0.05, 0.1) is 0 Å². The third kappa shape index (κ3) is 131. The van der Waals surface area contributed by atoms with E-state index in [0.717, 1.165) is 0 Å². The third-order valence-corrected chi connectivity index (χ3v) is 0. The second-order valence-electron chi connectivity index (χ2n) is 0. The summed E-state index contributed by atoms with van der Waals surface area (Å²) >= 11 is 0. The van der Waals surface area contributed by atoms with E-state index in [4.69, 9.17) is 0 Å². The largest absolute Gasteiger partial charge is 0 e. The molecule has 0 aliphatic rings. The van der Waals surface area contributed by atoms with E-state index in [1.165, 1.54) is 0 Å². The summed E-state index contributed by atoms with van der Waals surface area (Å²) in [4.78, 5) is 0. The molecule has 9 heavy (non-hydrogen) atoms. The number of rotatable bonds is 0. The average Bonchev–Trinajstić information content (AvgIpc) is 0. The van der Waals surface area contributed by atoms with Gasteiger partial charge in [-0.25, -0.2) is 0 Å². The van der Waals surface area contributed by atoms with Gasteiger partial charge in [-0.15, -0.1) is 0 Å². The molecule has 0 unspecified atom stereocenters. The van der Waals surface area contributed by atoms with Gasteiger partial charge < -0.3 is 0 Å². The SMILES string of the molecule is [Be].[Be].[Be].[Be].[Be].[Be].[Be].[Be].[Na]. The molecule has 0 atom stereocenters. The molecule has 0 nitrogen and oxygen atoms in total. The van der Waals surface area contributed by atoms with Crippen LogP contribution in [-0.4, -0.2) is 111 Å². The van der Waals surface area contributed by atoms with Crippen LogP contribution in [0.2, 0.25) is 0 Å². The summed E-state index contributed by atoms with van der Waals surface area (Å²) in [5.41, 5.74) is 0. The molecular weight excluding hydrogens is 95.1 g/mol. The molecule has 0 bridgehead atoms. The van der Waals surface area contributed by atoms with Gasteiger partial charge in [0.25, 0.3) is 0 Å². The Labute approximate surface area is 109 Å². The molecular formula is Be8Na. The third-order valence-electron chi connectivity index (χ3n) is 0. The Morgan fingerprint density at radius 1 is 0.222 bits per heavy atom. The summed E-state index contributed by atoms with van der Waals surface area (Å²) in [5.74, 6) is 0. The van der Waals surface area contributed by atoms with E-state index < -0.39 is 0 Å². The summed E-state index contributed by atoms with van der Waals surface area (Å²) < 4.78 is 0. The van der Waals surface area contributed by atoms with Gasteiger partial charge in [0.2, 0.25) is 0 Å². The predicted molar refractivity (Wildman–Crippen MR) is 51.8 cm³/mol. The molecule has 9 heteroatoms. The Kier molecular flexibility index (Phi) is 4010. The normalized spacial score (nSPS) is 0. The van der Waals surface area contributed by atoms with Crippen LogP contribution in [0.5, 0.6) is 0 Å². The van der Waals surface area contributed by atoms with Crippen LogP contribution in [0, 0.1) is 0 Å². The standard InChI is InChI=1S/8Be.Na. The molecule has 0 saturated heterocycles. The molecule has 0 aromatic rings. The van der Waals surface area contributed by atoms with Crippen LogP contribution in [-0.2, 0) is 0 Å². The smallest absolute Gasteiger partial charge is 0 e. The zero-order chi connectivity index (χ0) is 0. The maximum atomic E-state index is 0. The van der Waals surface area contributed by atoms with Crippen molar-refractivity contribution >= 4 is 111 Å². The Morgan fingerprint density at radius 3 is 0.222 bits per heavy atom. The van der Waals surface area contributed by atoms with Gasteiger partial charge in [0.15, 0.2) is 0 Å². The van der Waals surface area contributed by atoms with Crippen molar-refractivity contribution in [2.45, 2.75) is 0 Å². The fraction of sp³-hybridized carbons (Fsp3) is 0. The zero-order valence-electron chi connectivity index (χ0n) is 6.66.